The van der Waals surface area contributed by atoms with Gasteiger partial charge in [0.1, 0.15) is 24.2 Å². The Morgan fingerprint density at radius 2 is 2.00 bits per heavy atom. The van der Waals surface area contributed by atoms with E-state index in [1.54, 1.807) is 0 Å². The van der Waals surface area contributed by atoms with Gasteiger partial charge in [0.15, 0.2) is 0 Å². The van der Waals surface area contributed by atoms with Gasteiger partial charge in [0.2, 0.25) is 0 Å². The molecule has 6 heteroatoms. The van der Waals surface area contributed by atoms with Crippen molar-refractivity contribution in [3.05, 3.63) is 12.2 Å². The van der Waals surface area contributed by atoms with Crippen LogP contribution in [0.5, 0.6) is 0 Å². The minimum absolute atomic E-state index is 0.144. The zero-order valence-electron chi connectivity index (χ0n) is 17.6. The molecule has 1 spiro atoms. The molecule has 156 valence electrons. The van der Waals surface area contributed by atoms with E-state index < -0.39 is 23.6 Å². The fraction of sp³-hybridized carbons (Fsp3) is 0.773. The molecule has 0 N–H and O–H groups in total. The van der Waals surface area contributed by atoms with Crippen LogP contribution < -0.4 is 0 Å². The van der Waals surface area contributed by atoms with Gasteiger partial charge in [-0.1, -0.05) is 34.3 Å². The van der Waals surface area contributed by atoms with E-state index in [0.29, 0.717) is 24.8 Å². The second-order valence-corrected chi connectivity index (χ2v) is 9.15. The molecule has 1 aliphatic heterocycles. The minimum Gasteiger partial charge on any atom is -0.462 e. The van der Waals surface area contributed by atoms with Gasteiger partial charge in [0.05, 0.1) is 5.92 Å². The lowest BCUT2D eigenvalue weighted by Crippen LogP contribution is -2.50. The second kappa shape index (κ2) is 7.20. The Labute approximate surface area is 167 Å². The summed E-state index contributed by atoms with van der Waals surface area (Å²) in [5, 5.41) is 0. The van der Waals surface area contributed by atoms with Crippen molar-refractivity contribution >= 4 is 17.9 Å². The Bertz CT molecular complexity index is 681. The Morgan fingerprint density at radius 3 is 2.54 bits per heavy atom. The van der Waals surface area contributed by atoms with Gasteiger partial charge >= 0.3 is 17.9 Å². The van der Waals surface area contributed by atoms with Crippen LogP contribution in [-0.2, 0) is 28.6 Å². The molecule has 3 fully saturated rings. The molecule has 0 bridgehead atoms. The number of rotatable bonds is 4. The summed E-state index contributed by atoms with van der Waals surface area (Å²) in [7, 11) is 0. The van der Waals surface area contributed by atoms with Crippen molar-refractivity contribution in [3.63, 3.8) is 0 Å². The number of hydrogen-bond donors (Lipinski definition) is 0. The van der Waals surface area contributed by atoms with Gasteiger partial charge < -0.3 is 14.2 Å². The third kappa shape index (κ3) is 2.96. The highest BCUT2D eigenvalue weighted by atomic mass is 16.6. The number of fused-ring (bicyclic) bond motifs is 1. The molecule has 6 nitrogen and oxygen atoms in total. The van der Waals surface area contributed by atoms with Crippen LogP contribution in [0.3, 0.4) is 0 Å². The molecular weight excluding hydrogens is 360 g/mol. The van der Waals surface area contributed by atoms with Crippen LogP contribution in [0.1, 0.15) is 60.3 Å². The van der Waals surface area contributed by atoms with E-state index >= 15 is 0 Å². The molecule has 3 aliphatic rings. The van der Waals surface area contributed by atoms with Crippen LogP contribution in [-0.4, -0.2) is 36.7 Å². The molecule has 0 aromatic carbocycles. The summed E-state index contributed by atoms with van der Waals surface area (Å²) in [4.78, 5) is 37.4. The summed E-state index contributed by atoms with van der Waals surface area (Å²) < 4.78 is 17.1. The number of esters is 3. The van der Waals surface area contributed by atoms with Crippen LogP contribution in [0.4, 0.5) is 0 Å². The lowest BCUT2D eigenvalue weighted by Gasteiger charge is -2.46. The summed E-state index contributed by atoms with van der Waals surface area (Å²) in [6.07, 6.45) is 1.65. The largest absolute Gasteiger partial charge is 0.462 e. The molecule has 7 atom stereocenters. The molecule has 1 saturated heterocycles. The SMILES string of the molecule is C=C1COC(=O)C12CC1(C)C(C)CCC(OC(=O)C(C)CC)C1C2OC(C)=O. The fourth-order valence-corrected chi connectivity index (χ4v) is 5.50. The summed E-state index contributed by atoms with van der Waals surface area (Å²) in [5.74, 6) is -1.24. The third-order valence-electron chi connectivity index (χ3n) is 7.59. The van der Waals surface area contributed by atoms with Crippen LogP contribution in [0.15, 0.2) is 12.2 Å². The first kappa shape index (κ1) is 20.9. The quantitative estimate of drug-likeness (QED) is 0.414. The normalized spacial score (nSPS) is 40.8. The van der Waals surface area contributed by atoms with E-state index in [-0.39, 0.29) is 41.7 Å². The zero-order valence-corrected chi connectivity index (χ0v) is 17.6. The van der Waals surface area contributed by atoms with Crippen LogP contribution in [0.25, 0.3) is 0 Å². The average Bonchev–Trinajstić information content (AvgIpc) is 3.07. The van der Waals surface area contributed by atoms with Gasteiger partial charge in [0, 0.05) is 12.8 Å². The predicted octanol–water partition coefficient (Wildman–Crippen LogP) is 3.43. The lowest BCUT2D eigenvalue weighted by molar-refractivity contribution is -0.177. The first-order chi connectivity index (χ1) is 13.1. The highest BCUT2D eigenvalue weighted by molar-refractivity contribution is 5.86. The number of ether oxygens (including phenoxy) is 3. The molecule has 7 unspecified atom stereocenters. The van der Waals surface area contributed by atoms with Gasteiger partial charge in [-0.05, 0) is 42.6 Å². The molecule has 0 aromatic heterocycles. The Hall–Kier alpha value is -1.85. The van der Waals surface area contributed by atoms with Crippen molar-refractivity contribution in [2.75, 3.05) is 6.61 Å². The minimum atomic E-state index is -1.05. The van der Waals surface area contributed by atoms with E-state index in [1.165, 1.54) is 6.92 Å². The number of hydrogen-bond acceptors (Lipinski definition) is 6. The van der Waals surface area contributed by atoms with Gasteiger partial charge in [-0.2, -0.15) is 0 Å². The topological polar surface area (TPSA) is 78.9 Å². The highest BCUT2D eigenvalue weighted by Gasteiger charge is 2.71. The third-order valence-corrected chi connectivity index (χ3v) is 7.59. The summed E-state index contributed by atoms with van der Waals surface area (Å²) >= 11 is 0. The van der Waals surface area contributed by atoms with Crippen molar-refractivity contribution in [3.8, 4) is 0 Å². The maximum atomic E-state index is 12.9. The Balaban J connectivity index is 2.05. The average molecular weight is 392 g/mol. The zero-order chi connectivity index (χ0) is 20.9. The van der Waals surface area contributed by atoms with E-state index in [0.717, 1.165) is 6.42 Å². The first-order valence-corrected chi connectivity index (χ1v) is 10.3. The number of carbonyl (C=O) groups is 3. The van der Waals surface area contributed by atoms with Gasteiger partial charge in [0.25, 0.3) is 0 Å². The molecule has 2 aliphatic carbocycles. The van der Waals surface area contributed by atoms with Crippen LogP contribution in [0.2, 0.25) is 0 Å². The van der Waals surface area contributed by atoms with Gasteiger partial charge in [-0.25, -0.2) is 0 Å². The van der Waals surface area contributed by atoms with Crippen LogP contribution in [0, 0.1) is 28.6 Å². The summed E-state index contributed by atoms with van der Waals surface area (Å²) in [6.45, 7) is 13.7. The monoisotopic (exact) mass is 392 g/mol. The van der Waals surface area contributed by atoms with E-state index in [4.69, 9.17) is 14.2 Å². The summed E-state index contributed by atoms with van der Waals surface area (Å²) in [6, 6.07) is 0. The molecule has 2 saturated carbocycles. The fourth-order valence-electron chi connectivity index (χ4n) is 5.50. The molecular formula is C22H32O6. The second-order valence-electron chi connectivity index (χ2n) is 9.15. The lowest BCUT2D eigenvalue weighted by atomic mass is 9.61. The Morgan fingerprint density at radius 1 is 1.32 bits per heavy atom. The number of cyclic esters (lactones) is 1. The molecule has 28 heavy (non-hydrogen) atoms. The van der Waals surface area contributed by atoms with Crippen molar-refractivity contribution in [1.82, 2.24) is 0 Å². The number of carbonyl (C=O) groups excluding carboxylic acids is 3. The van der Waals surface area contributed by atoms with E-state index in [2.05, 4.69) is 20.4 Å². The molecule has 0 radical (unpaired) electrons. The summed E-state index contributed by atoms with van der Waals surface area (Å²) in [5.41, 5.74) is -0.728. The van der Waals surface area contributed by atoms with Crippen molar-refractivity contribution < 1.29 is 28.6 Å². The first-order valence-electron chi connectivity index (χ1n) is 10.3. The molecule has 3 rings (SSSR count). The van der Waals surface area contributed by atoms with E-state index in [1.807, 2.05) is 13.8 Å². The maximum Gasteiger partial charge on any atom is 0.320 e. The van der Waals surface area contributed by atoms with E-state index in [9.17, 15) is 14.4 Å². The van der Waals surface area contributed by atoms with Gasteiger partial charge in [-0.15, -0.1) is 0 Å². The maximum absolute atomic E-state index is 12.9. The van der Waals surface area contributed by atoms with Crippen molar-refractivity contribution in [2.45, 2.75) is 72.5 Å². The van der Waals surface area contributed by atoms with Crippen molar-refractivity contribution in [1.29, 1.82) is 0 Å². The highest BCUT2D eigenvalue weighted by Crippen LogP contribution is 2.66. The van der Waals surface area contributed by atoms with Gasteiger partial charge in [-0.3, -0.25) is 14.4 Å². The van der Waals surface area contributed by atoms with Crippen LogP contribution >= 0.6 is 0 Å². The smallest absolute Gasteiger partial charge is 0.320 e. The Kier molecular flexibility index (Phi) is 5.36. The molecule has 0 aromatic rings. The molecule has 0 amide bonds. The standard InChI is InChI=1S/C22H32O6/c1-7-12(2)19(24)28-16-9-8-13(3)21(6)11-22(14(4)10-26-20(22)25)18(17(16)21)27-15(5)23/h12-13,16-18H,4,7-11H2,1-3,5-6H3. The predicted molar refractivity (Wildman–Crippen MR) is 102 cm³/mol. The molecule has 1 heterocycles. The van der Waals surface area contributed by atoms with Crippen molar-refractivity contribution in [2.24, 2.45) is 28.6 Å².